The molecule has 0 radical (unpaired) electrons. The van der Waals surface area contributed by atoms with Gasteiger partial charge in [0.2, 0.25) is 0 Å². The molecule has 0 amide bonds. The van der Waals surface area contributed by atoms with E-state index in [-0.39, 0.29) is 16.4 Å². The van der Waals surface area contributed by atoms with Crippen LogP contribution in [0.2, 0.25) is 0 Å². The number of hydrogen-bond donors (Lipinski definition) is 1. The van der Waals surface area contributed by atoms with Crippen LogP contribution in [0.3, 0.4) is 0 Å². The van der Waals surface area contributed by atoms with Crippen LogP contribution < -0.4 is 4.74 Å². The van der Waals surface area contributed by atoms with E-state index in [9.17, 15) is 9.90 Å². The summed E-state index contributed by atoms with van der Waals surface area (Å²) in [5.41, 5.74) is 7.63. The number of hydrogen-bond acceptors (Lipinski definition) is 3. The number of ether oxygens (including phenoxy) is 1. The monoisotopic (exact) mass is 433 g/mol. The molecule has 32 heavy (non-hydrogen) atoms. The van der Waals surface area contributed by atoms with Gasteiger partial charge in [-0.15, -0.1) is 0 Å². The molecule has 0 atom stereocenters. The lowest BCUT2D eigenvalue weighted by molar-refractivity contribution is 0.0696. The van der Waals surface area contributed by atoms with E-state index >= 15 is 0 Å². The third-order valence-electron chi connectivity index (χ3n) is 7.10. The second kappa shape index (κ2) is 8.38. The van der Waals surface area contributed by atoms with Gasteiger partial charge in [-0.2, -0.15) is 0 Å². The van der Waals surface area contributed by atoms with Crippen LogP contribution in [0, 0.1) is 0 Å². The Labute approximate surface area is 191 Å². The number of carbonyl (C=O) groups is 1. The molecule has 0 bridgehead atoms. The molecule has 170 valence electrons. The molecular weight excluding hydrogens is 398 g/mol. The Morgan fingerprint density at radius 2 is 1.72 bits per heavy atom. The Balaban J connectivity index is 1.89. The summed E-state index contributed by atoms with van der Waals surface area (Å²) in [5, 5.41) is 9.28. The minimum Gasteiger partial charge on any atom is -0.493 e. The van der Waals surface area contributed by atoms with Crippen LogP contribution in [-0.4, -0.2) is 22.7 Å². The van der Waals surface area contributed by atoms with Gasteiger partial charge < -0.3 is 9.84 Å². The summed E-state index contributed by atoms with van der Waals surface area (Å²) in [6.45, 7) is 12.2. The SMILES string of the molecule is CCCCOc1cc2c(cc1C(=C1CC1)c1ccc(C(=O)O)cn1)C(C)(C)CCC2(C)C. The van der Waals surface area contributed by atoms with Crippen molar-refractivity contribution < 1.29 is 14.6 Å². The molecule has 0 aliphatic heterocycles. The highest BCUT2D eigenvalue weighted by atomic mass is 16.5. The molecule has 1 fully saturated rings. The summed E-state index contributed by atoms with van der Waals surface area (Å²) in [5.74, 6) is -0.0208. The quantitative estimate of drug-likeness (QED) is 0.482. The maximum atomic E-state index is 11.3. The standard InChI is InChI=1S/C28H35NO3/c1-6-7-14-32-24-16-22-21(27(2,3)12-13-28(22,4)5)15-20(24)25(18-8-9-18)23-11-10-19(17-29-23)26(30)31/h10-11,15-17H,6-9,12-14H2,1-5H3,(H,30,31). The highest BCUT2D eigenvalue weighted by molar-refractivity contribution is 5.89. The maximum absolute atomic E-state index is 11.3. The fraction of sp³-hybridized carbons (Fsp3) is 0.500. The first-order chi connectivity index (χ1) is 15.1. The summed E-state index contributed by atoms with van der Waals surface area (Å²) >= 11 is 0. The number of benzene rings is 1. The molecule has 0 saturated heterocycles. The van der Waals surface area contributed by atoms with E-state index in [1.54, 1.807) is 6.07 Å². The fourth-order valence-electron chi connectivity index (χ4n) is 4.73. The van der Waals surface area contributed by atoms with Gasteiger partial charge in [0, 0.05) is 17.3 Å². The van der Waals surface area contributed by atoms with Crippen molar-refractivity contribution in [1.82, 2.24) is 4.98 Å². The number of rotatable bonds is 7. The van der Waals surface area contributed by atoms with E-state index in [0.717, 1.165) is 61.1 Å². The Kier molecular flexibility index (Phi) is 5.91. The number of aromatic nitrogens is 1. The lowest BCUT2D eigenvalue weighted by Crippen LogP contribution is -2.34. The largest absolute Gasteiger partial charge is 0.493 e. The molecular formula is C28H35NO3. The molecule has 1 saturated carbocycles. The molecule has 2 aromatic rings. The van der Waals surface area contributed by atoms with E-state index in [2.05, 4.69) is 51.7 Å². The zero-order chi connectivity index (χ0) is 23.1. The third kappa shape index (κ3) is 4.32. The third-order valence-corrected chi connectivity index (χ3v) is 7.10. The summed E-state index contributed by atoms with van der Waals surface area (Å²) in [6.07, 6.45) is 7.99. The zero-order valence-electron chi connectivity index (χ0n) is 20.0. The second-order valence-electron chi connectivity index (χ2n) is 10.6. The minimum atomic E-state index is -0.953. The minimum absolute atomic E-state index is 0.0987. The van der Waals surface area contributed by atoms with Crippen molar-refractivity contribution in [2.24, 2.45) is 0 Å². The number of carboxylic acid groups (broad SMARTS) is 1. The predicted octanol–water partition coefficient (Wildman–Crippen LogP) is 6.90. The van der Waals surface area contributed by atoms with Crippen molar-refractivity contribution in [3.8, 4) is 5.75 Å². The molecule has 1 heterocycles. The van der Waals surface area contributed by atoms with Crippen molar-refractivity contribution in [2.45, 2.75) is 84.0 Å². The fourth-order valence-corrected chi connectivity index (χ4v) is 4.73. The molecule has 0 unspecified atom stereocenters. The maximum Gasteiger partial charge on any atom is 0.337 e. The number of pyridine rings is 1. The van der Waals surface area contributed by atoms with Crippen molar-refractivity contribution >= 4 is 11.5 Å². The Morgan fingerprint density at radius 3 is 2.25 bits per heavy atom. The van der Waals surface area contributed by atoms with Crippen molar-refractivity contribution in [3.05, 3.63) is 64.0 Å². The van der Waals surface area contributed by atoms with Crippen LogP contribution in [0.15, 0.2) is 36.0 Å². The van der Waals surface area contributed by atoms with Crippen molar-refractivity contribution in [2.75, 3.05) is 6.61 Å². The number of allylic oxidation sites excluding steroid dienone is 1. The Morgan fingerprint density at radius 1 is 1.06 bits per heavy atom. The second-order valence-corrected chi connectivity index (χ2v) is 10.6. The van der Waals surface area contributed by atoms with Crippen molar-refractivity contribution in [1.29, 1.82) is 0 Å². The highest BCUT2D eigenvalue weighted by Gasteiger charge is 2.38. The molecule has 2 aliphatic carbocycles. The van der Waals surface area contributed by atoms with E-state index in [0.29, 0.717) is 6.61 Å². The van der Waals surface area contributed by atoms with Gasteiger partial charge in [-0.3, -0.25) is 4.98 Å². The Bertz CT molecular complexity index is 1050. The van der Waals surface area contributed by atoms with Gasteiger partial charge in [-0.05, 0) is 78.3 Å². The predicted molar refractivity (Wildman–Crippen MR) is 129 cm³/mol. The van der Waals surface area contributed by atoms with Crippen LogP contribution in [0.5, 0.6) is 5.75 Å². The number of fused-ring (bicyclic) bond motifs is 1. The number of aromatic carboxylic acids is 1. The smallest absolute Gasteiger partial charge is 0.337 e. The number of unbranched alkanes of at least 4 members (excludes halogenated alkanes) is 1. The zero-order valence-corrected chi connectivity index (χ0v) is 20.0. The first kappa shape index (κ1) is 22.6. The van der Waals surface area contributed by atoms with E-state index in [4.69, 9.17) is 4.74 Å². The van der Waals surface area contributed by atoms with Gasteiger partial charge in [0.1, 0.15) is 5.75 Å². The van der Waals surface area contributed by atoms with Gasteiger partial charge >= 0.3 is 5.97 Å². The van der Waals surface area contributed by atoms with Crippen LogP contribution in [0.1, 0.15) is 106 Å². The summed E-state index contributed by atoms with van der Waals surface area (Å²) < 4.78 is 6.39. The van der Waals surface area contributed by atoms with Gasteiger partial charge in [-0.25, -0.2) is 4.79 Å². The van der Waals surface area contributed by atoms with Crippen LogP contribution in [0.25, 0.3) is 5.57 Å². The normalized spacial score (nSPS) is 18.1. The molecule has 1 aromatic carbocycles. The Hall–Kier alpha value is -2.62. The molecule has 1 aromatic heterocycles. The molecule has 2 aliphatic rings. The molecule has 4 nitrogen and oxygen atoms in total. The first-order valence-electron chi connectivity index (χ1n) is 11.9. The highest BCUT2D eigenvalue weighted by Crippen LogP contribution is 2.50. The summed E-state index contributed by atoms with van der Waals surface area (Å²) in [6, 6.07) is 8.13. The van der Waals surface area contributed by atoms with Gasteiger partial charge in [0.25, 0.3) is 0 Å². The molecule has 4 heteroatoms. The number of nitrogens with zero attached hydrogens (tertiary/aromatic N) is 1. The first-order valence-corrected chi connectivity index (χ1v) is 11.9. The van der Waals surface area contributed by atoms with Crippen LogP contribution in [0.4, 0.5) is 0 Å². The van der Waals surface area contributed by atoms with Crippen LogP contribution >= 0.6 is 0 Å². The van der Waals surface area contributed by atoms with Gasteiger partial charge in [0.15, 0.2) is 0 Å². The summed E-state index contributed by atoms with van der Waals surface area (Å²) in [7, 11) is 0. The lowest BCUT2D eigenvalue weighted by atomic mass is 9.62. The molecule has 0 spiro atoms. The number of carboxylic acids is 1. The molecule has 1 N–H and O–H groups in total. The van der Waals surface area contributed by atoms with E-state index < -0.39 is 5.97 Å². The molecule has 4 rings (SSSR count). The van der Waals surface area contributed by atoms with Gasteiger partial charge in [-0.1, -0.05) is 46.6 Å². The van der Waals surface area contributed by atoms with Gasteiger partial charge in [0.05, 0.1) is 17.9 Å². The van der Waals surface area contributed by atoms with E-state index in [1.165, 1.54) is 22.9 Å². The average molecular weight is 434 g/mol. The van der Waals surface area contributed by atoms with Crippen LogP contribution in [-0.2, 0) is 10.8 Å². The average Bonchev–Trinajstić information content (AvgIpc) is 3.58. The summed E-state index contributed by atoms with van der Waals surface area (Å²) in [4.78, 5) is 15.9. The van der Waals surface area contributed by atoms with Crippen molar-refractivity contribution in [3.63, 3.8) is 0 Å². The van der Waals surface area contributed by atoms with E-state index in [1.807, 2.05) is 6.07 Å². The lowest BCUT2D eigenvalue weighted by Gasteiger charge is -2.42. The topological polar surface area (TPSA) is 59.4 Å².